The number of anilines is 1. The van der Waals surface area contributed by atoms with Crippen LogP contribution in [0.4, 0.5) is 5.69 Å². The average Bonchev–Trinajstić information content (AvgIpc) is 2.16. The summed E-state index contributed by atoms with van der Waals surface area (Å²) in [5, 5.41) is 11.6. The summed E-state index contributed by atoms with van der Waals surface area (Å²) in [4.78, 5) is 11.1. The lowest BCUT2D eigenvalue weighted by molar-refractivity contribution is -0.116. The Balaban J connectivity index is 2.50. The molecule has 0 bridgehead atoms. The molecule has 0 fully saturated rings. The van der Waals surface area contributed by atoms with E-state index in [1.54, 1.807) is 0 Å². The molecule has 0 radical (unpaired) electrons. The number of rotatable bonds is 0. The zero-order valence-corrected chi connectivity index (χ0v) is 6.95. The number of carbonyl (C=O) groups is 1. The van der Waals surface area contributed by atoms with Crippen LogP contribution in [-0.4, -0.2) is 5.91 Å². The molecular formula is C10H8N2O. The molecule has 1 aliphatic heterocycles. The van der Waals surface area contributed by atoms with E-state index in [-0.39, 0.29) is 18.2 Å². The van der Waals surface area contributed by atoms with Crippen molar-refractivity contribution >= 4 is 11.6 Å². The zero-order valence-electron chi connectivity index (χ0n) is 6.95. The number of hydrogen-bond donors (Lipinski definition) is 1. The van der Waals surface area contributed by atoms with Gasteiger partial charge in [0, 0.05) is 12.1 Å². The number of nitrogens with one attached hydrogen (secondary N) is 1. The van der Waals surface area contributed by atoms with E-state index < -0.39 is 0 Å². The molecule has 3 nitrogen and oxygen atoms in total. The molecule has 1 N–H and O–H groups in total. The number of nitrogens with zero attached hydrogens (tertiary/aromatic N) is 1. The first kappa shape index (κ1) is 7.81. The molecule has 1 aliphatic rings. The number of carbonyl (C=O) groups excluding carboxylic acids is 1. The van der Waals surface area contributed by atoms with Crippen LogP contribution >= 0.6 is 0 Å². The van der Waals surface area contributed by atoms with Crippen molar-refractivity contribution in [2.45, 2.75) is 12.3 Å². The number of amides is 1. The second-order valence-corrected chi connectivity index (χ2v) is 3.02. The lowest BCUT2D eigenvalue weighted by Gasteiger charge is -2.20. The van der Waals surface area contributed by atoms with Crippen LogP contribution in [0.2, 0.25) is 0 Å². The van der Waals surface area contributed by atoms with Gasteiger partial charge in [0.05, 0.1) is 12.0 Å². The van der Waals surface area contributed by atoms with E-state index >= 15 is 0 Å². The van der Waals surface area contributed by atoms with Crippen molar-refractivity contribution in [3.8, 4) is 6.07 Å². The minimum Gasteiger partial charge on any atom is -0.326 e. The molecule has 1 unspecified atom stereocenters. The van der Waals surface area contributed by atoms with Gasteiger partial charge in [0.25, 0.3) is 0 Å². The number of nitriles is 1. The Labute approximate surface area is 76.0 Å². The van der Waals surface area contributed by atoms with Gasteiger partial charge in [0.1, 0.15) is 0 Å². The molecule has 13 heavy (non-hydrogen) atoms. The normalized spacial score (nSPS) is 19.9. The number of hydrogen-bond acceptors (Lipinski definition) is 2. The summed E-state index contributed by atoms with van der Waals surface area (Å²) < 4.78 is 0. The van der Waals surface area contributed by atoms with Crippen LogP contribution < -0.4 is 5.32 Å². The minimum absolute atomic E-state index is 0.0785. The van der Waals surface area contributed by atoms with E-state index in [0.29, 0.717) is 0 Å². The Morgan fingerprint density at radius 3 is 3.00 bits per heavy atom. The first-order valence-corrected chi connectivity index (χ1v) is 4.09. The standard InChI is InChI=1S/C10H8N2O/c11-6-7-5-10(13)12-9-4-2-1-3-8(7)9/h1-4,7H,5H2,(H,12,13). The minimum atomic E-state index is -0.287. The fourth-order valence-electron chi connectivity index (χ4n) is 1.53. The van der Waals surface area contributed by atoms with Crippen LogP contribution in [0.5, 0.6) is 0 Å². The highest BCUT2D eigenvalue weighted by Crippen LogP contribution is 2.30. The third kappa shape index (κ3) is 1.27. The number of para-hydroxylation sites is 1. The Morgan fingerprint density at radius 1 is 1.46 bits per heavy atom. The van der Waals surface area contributed by atoms with E-state index in [1.807, 2.05) is 24.3 Å². The molecule has 1 aromatic rings. The van der Waals surface area contributed by atoms with Crippen molar-refractivity contribution in [3.05, 3.63) is 29.8 Å². The molecule has 0 spiro atoms. The van der Waals surface area contributed by atoms with Crippen LogP contribution in [0, 0.1) is 11.3 Å². The molecule has 0 aliphatic carbocycles. The second kappa shape index (κ2) is 2.91. The van der Waals surface area contributed by atoms with Gasteiger partial charge in [-0.1, -0.05) is 18.2 Å². The SMILES string of the molecule is N#CC1CC(=O)Nc2ccccc21. The highest BCUT2D eigenvalue weighted by molar-refractivity contribution is 5.95. The highest BCUT2D eigenvalue weighted by atomic mass is 16.1. The molecule has 0 aromatic heterocycles. The van der Waals surface area contributed by atoms with E-state index in [4.69, 9.17) is 5.26 Å². The monoisotopic (exact) mass is 172 g/mol. The average molecular weight is 172 g/mol. The third-order valence-electron chi connectivity index (χ3n) is 2.16. The fraction of sp³-hybridized carbons (Fsp3) is 0.200. The first-order valence-electron chi connectivity index (χ1n) is 4.09. The van der Waals surface area contributed by atoms with Gasteiger partial charge in [-0.15, -0.1) is 0 Å². The predicted octanol–water partition coefficient (Wildman–Crippen LogP) is 1.64. The summed E-state index contributed by atoms with van der Waals surface area (Å²) in [7, 11) is 0. The lowest BCUT2D eigenvalue weighted by Crippen LogP contribution is -2.21. The fourth-order valence-corrected chi connectivity index (χ4v) is 1.53. The lowest BCUT2D eigenvalue weighted by atomic mass is 9.92. The Kier molecular flexibility index (Phi) is 1.75. The van der Waals surface area contributed by atoms with Gasteiger partial charge in [-0.3, -0.25) is 4.79 Å². The van der Waals surface area contributed by atoms with Gasteiger partial charge in [-0.05, 0) is 11.6 Å². The molecule has 64 valence electrons. The van der Waals surface area contributed by atoms with Gasteiger partial charge >= 0.3 is 0 Å². The van der Waals surface area contributed by atoms with Gasteiger partial charge in [-0.2, -0.15) is 5.26 Å². The smallest absolute Gasteiger partial charge is 0.226 e. The molecule has 1 amide bonds. The maximum absolute atomic E-state index is 11.1. The molecule has 0 saturated carbocycles. The summed E-state index contributed by atoms with van der Waals surface area (Å²) in [6.07, 6.45) is 0.271. The van der Waals surface area contributed by atoms with Gasteiger partial charge in [0.2, 0.25) is 5.91 Å². The Bertz CT molecular complexity index is 392. The van der Waals surface area contributed by atoms with E-state index in [0.717, 1.165) is 11.3 Å². The van der Waals surface area contributed by atoms with Crippen molar-refractivity contribution < 1.29 is 4.79 Å². The van der Waals surface area contributed by atoms with Crippen LogP contribution in [-0.2, 0) is 4.79 Å². The third-order valence-corrected chi connectivity index (χ3v) is 2.16. The van der Waals surface area contributed by atoms with Crippen molar-refractivity contribution in [2.24, 2.45) is 0 Å². The largest absolute Gasteiger partial charge is 0.326 e. The summed E-state index contributed by atoms with van der Waals surface area (Å²) in [5.74, 6) is -0.366. The van der Waals surface area contributed by atoms with Crippen LogP contribution in [0.1, 0.15) is 17.9 Å². The zero-order chi connectivity index (χ0) is 9.26. The molecule has 2 rings (SSSR count). The maximum Gasteiger partial charge on any atom is 0.226 e. The number of benzene rings is 1. The topological polar surface area (TPSA) is 52.9 Å². The molecule has 1 aromatic carbocycles. The van der Waals surface area contributed by atoms with Crippen molar-refractivity contribution in [1.29, 1.82) is 5.26 Å². The van der Waals surface area contributed by atoms with Crippen molar-refractivity contribution in [1.82, 2.24) is 0 Å². The van der Waals surface area contributed by atoms with Crippen LogP contribution in [0.25, 0.3) is 0 Å². The molecular weight excluding hydrogens is 164 g/mol. The summed E-state index contributed by atoms with van der Waals surface area (Å²) in [5.41, 5.74) is 1.69. The van der Waals surface area contributed by atoms with Crippen molar-refractivity contribution in [3.63, 3.8) is 0 Å². The molecule has 0 saturated heterocycles. The molecule has 3 heteroatoms. The maximum atomic E-state index is 11.1. The van der Waals surface area contributed by atoms with Crippen LogP contribution in [0.3, 0.4) is 0 Å². The predicted molar refractivity (Wildman–Crippen MR) is 48.0 cm³/mol. The van der Waals surface area contributed by atoms with E-state index in [1.165, 1.54) is 0 Å². The summed E-state index contributed by atoms with van der Waals surface area (Å²) in [6.45, 7) is 0. The van der Waals surface area contributed by atoms with Gasteiger partial charge in [-0.25, -0.2) is 0 Å². The number of fused-ring (bicyclic) bond motifs is 1. The van der Waals surface area contributed by atoms with Crippen LogP contribution in [0.15, 0.2) is 24.3 Å². The van der Waals surface area contributed by atoms with Gasteiger partial charge < -0.3 is 5.32 Å². The second-order valence-electron chi connectivity index (χ2n) is 3.02. The Hall–Kier alpha value is -1.82. The quantitative estimate of drug-likeness (QED) is 0.646. The summed E-state index contributed by atoms with van der Waals surface area (Å²) in [6, 6.07) is 9.55. The first-order chi connectivity index (χ1) is 6.31. The van der Waals surface area contributed by atoms with Gasteiger partial charge in [0.15, 0.2) is 0 Å². The van der Waals surface area contributed by atoms with E-state index in [2.05, 4.69) is 11.4 Å². The summed E-state index contributed by atoms with van der Waals surface area (Å²) >= 11 is 0. The van der Waals surface area contributed by atoms with Crippen molar-refractivity contribution in [2.75, 3.05) is 5.32 Å². The highest BCUT2D eigenvalue weighted by Gasteiger charge is 2.23. The molecule has 1 atom stereocenters. The molecule has 1 heterocycles. The Morgan fingerprint density at radius 2 is 2.23 bits per heavy atom. The van der Waals surface area contributed by atoms with E-state index in [9.17, 15) is 4.79 Å².